The summed E-state index contributed by atoms with van der Waals surface area (Å²) in [5.41, 5.74) is 11.0. The van der Waals surface area contributed by atoms with Gasteiger partial charge < -0.3 is 5.73 Å². The van der Waals surface area contributed by atoms with Crippen LogP contribution in [0.2, 0.25) is 0 Å². The summed E-state index contributed by atoms with van der Waals surface area (Å²) in [5.74, 6) is 1.38. The van der Waals surface area contributed by atoms with E-state index in [-0.39, 0.29) is 0 Å². The van der Waals surface area contributed by atoms with Gasteiger partial charge in [0.1, 0.15) is 0 Å². The number of hydrogen-bond donors (Lipinski definition) is 1. The second kappa shape index (κ2) is 3.33. The van der Waals surface area contributed by atoms with Crippen molar-refractivity contribution in [2.24, 2.45) is 17.1 Å². The molecule has 0 unspecified atom stereocenters. The highest BCUT2D eigenvalue weighted by Crippen LogP contribution is 2.63. The van der Waals surface area contributed by atoms with Crippen LogP contribution in [0.3, 0.4) is 0 Å². The molecule has 0 spiro atoms. The van der Waals surface area contributed by atoms with Crippen molar-refractivity contribution in [1.82, 2.24) is 0 Å². The van der Waals surface area contributed by atoms with E-state index in [0.29, 0.717) is 17.3 Å². The minimum atomic E-state index is 0.418. The van der Waals surface area contributed by atoms with E-state index in [0.717, 1.165) is 6.54 Å². The second-order valence-electron chi connectivity index (χ2n) is 6.02. The molecule has 2 N–H and O–H groups in total. The summed E-state index contributed by atoms with van der Waals surface area (Å²) in [7, 11) is 0. The molecule has 1 saturated carbocycles. The lowest BCUT2D eigenvalue weighted by Gasteiger charge is -2.06. The van der Waals surface area contributed by atoms with Crippen LogP contribution in [0.1, 0.15) is 42.9 Å². The highest BCUT2D eigenvalue weighted by Gasteiger charge is 2.57. The van der Waals surface area contributed by atoms with Gasteiger partial charge in [-0.05, 0) is 59.7 Å². The molecule has 1 aromatic rings. The minimum absolute atomic E-state index is 0.418. The Kier molecular flexibility index (Phi) is 2.16. The fourth-order valence-electron chi connectivity index (χ4n) is 3.63. The maximum absolute atomic E-state index is 5.85. The van der Waals surface area contributed by atoms with Crippen molar-refractivity contribution in [2.75, 3.05) is 6.54 Å². The zero-order valence-corrected chi connectivity index (χ0v) is 10.3. The average molecular weight is 215 g/mol. The Morgan fingerprint density at radius 2 is 2.00 bits per heavy atom. The first-order valence-electron chi connectivity index (χ1n) is 6.46. The van der Waals surface area contributed by atoms with Gasteiger partial charge in [0, 0.05) is 0 Å². The lowest BCUT2D eigenvalue weighted by Crippen LogP contribution is -2.05. The smallest absolute Gasteiger partial charge is 0.00375 e. The van der Waals surface area contributed by atoms with Crippen LogP contribution in [-0.2, 0) is 12.8 Å². The number of aryl methyl sites for hydroxylation is 2. The third-order valence-corrected chi connectivity index (χ3v) is 4.79. The van der Waals surface area contributed by atoms with Gasteiger partial charge in [-0.2, -0.15) is 0 Å². The molecule has 1 nitrogen and oxygen atoms in total. The SMILES string of the molecule is CC1(C)[C@H](CN)[C@H]1c1ccc2c(c1)CCC2. The van der Waals surface area contributed by atoms with Crippen LogP contribution in [0.15, 0.2) is 18.2 Å². The van der Waals surface area contributed by atoms with Gasteiger partial charge in [-0.1, -0.05) is 32.0 Å². The molecule has 1 aromatic carbocycles. The standard InChI is InChI=1S/C15H21N/c1-15(2)13(9-16)14(15)12-7-6-10-4-3-5-11(10)8-12/h6-8,13-14H,3-5,9,16H2,1-2H3/t13-,14-/m1/s1. The maximum atomic E-state index is 5.85. The van der Waals surface area contributed by atoms with Crippen molar-refractivity contribution in [3.63, 3.8) is 0 Å². The van der Waals surface area contributed by atoms with E-state index in [9.17, 15) is 0 Å². The van der Waals surface area contributed by atoms with Gasteiger partial charge in [0.15, 0.2) is 0 Å². The fraction of sp³-hybridized carbons (Fsp3) is 0.600. The molecule has 2 aliphatic rings. The van der Waals surface area contributed by atoms with Crippen LogP contribution in [0, 0.1) is 11.3 Å². The topological polar surface area (TPSA) is 26.0 Å². The lowest BCUT2D eigenvalue weighted by molar-refractivity contribution is 0.558. The van der Waals surface area contributed by atoms with Crippen molar-refractivity contribution in [3.8, 4) is 0 Å². The molecule has 1 heteroatoms. The van der Waals surface area contributed by atoms with E-state index in [4.69, 9.17) is 5.73 Å². The van der Waals surface area contributed by atoms with E-state index < -0.39 is 0 Å². The van der Waals surface area contributed by atoms with Crippen LogP contribution < -0.4 is 5.73 Å². The van der Waals surface area contributed by atoms with Crippen LogP contribution >= 0.6 is 0 Å². The average Bonchev–Trinajstić information content (AvgIpc) is 2.62. The van der Waals surface area contributed by atoms with Gasteiger partial charge in [0.25, 0.3) is 0 Å². The Morgan fingerprint density at radius 3 is 2.69 bits per heavy atom. The van der Waals surface area contributed by atoms with Crippen molar-refractivity contribution in [1.29, 1.82) is 0 Å². The number of benzene rings is 1. The Bertz CT molecular complexity index is 419. The zero-order chi connectivity index (χ0) is 11.3. The molecular weight excluding hydrogens is 194 g/mol. The molecule has 1 fully saturated rings. The van der Waals surface area contributed by atoms with Crippen LogP contribution in [0.4, 0.5) is 0 Å². The second-order valence-corrected chi connectivity index (χ2v) is 6.02. The molecule has 2 atom stereocenters. The predicted molar refractivity (Wildman–Crippen MR) is 67.5 cm³/mol. The molecule has 0 heterocycles. The molecule has 3 rings (SSSR count). The fourth-order valence-corrected chi connectivity index (χ4v) is 3.63. The normalized spacial score (nSPS) is 30.2. The molecular formula is C15H21N. The Morgan fingerprint density at radius 1 is 1.25 bits per heavy atom. The third kappa shape index (κ3) is 1.34. The summed E-state index contributed by atoms with van der Waals surface area (Å²) in [5, 5.41) is 0. The molecule has 2 aliphatic carbocycles. The summed E-state index contributed by atoms with van der Waals surface area (Å²) >= 11 is 0. The molecule has 0 radical (unpaired) electrons. The van der Waals surface area contributed by atoms with E-state index in [2.05, 4.69) is 32.0 Å². The predicted octanol–water partition coefficient (Wildman–Crippen LogP) is 2.87. The molecule has 0 aromatic heterocycles. The summed E-state index contributed by atoms with van der Waals surface area (Å²) in [6.07, 6.45) is 3.90. The van der Waals surface area contributed by atoms with Gasteiger partial charge in [0.05, 0.1) is 0 Å². The van der Waals surface area contributed by atoms with Crippen molar-refractivity contribution >= 4 is 0 Å². The Hall–Kier alpha value is -0.820. The maximum Gasteiger partial charge on any atom is -0.00375 e. The van der Waals surface area contributed by atoms with E-state index in [1.54, 1.807) is 11.1 Å². The van der Waals surface area contributed by atoms with Crippen LogP contribution in [-0.4, -0.2) is 6.54 Å². The number of rotatable bonds is 2. The summed E-state index contributed by atoms with van der Waals surface area (Å²) in [6.45, 7) is 5.53. The van der Waals surface area contributed by atoms with Crippen LogP contribution in [0.25, 0.3) is 0 Å². The summed E-state index contributed by atoms with van der Waals surface area (Å²) < 4.78 is 0. The van der Waals surface area contributed by atoms with E-state index in [1.807, 2.05) is 0 Å². The largest absolute Gasteiger partial charge is 0.330 e. The quantitative estimate of drug-likeness (QED) is 0.806. The first-order chi connectivity index (χ1) is 7.64. The highest BCUT2D eigenvalue weighted by atomic mass is 14.7. The lowest BCUT2D eigenvalue weighted by atomic mass is 9.99. The monoisotopic (exact) mass is 215 g/mol. The molecule has 16 heavy (non-hydrogen) atoms. The highest BCUT2D eigenvalue weighted by molar-refractivity contribution is 5.40. The zero-order valence-electron chi connectivity index (χ0n) is 10.3. The Labute approximate surface area is 98.0 Å². The first-order valence-corrected chi connectivity index (χ1v) is 6.46. The van der Waals surface area contributed by atoms with E-state index >= 15 is 0 Å². The van der Waals surface area contributed by atoms with Crippen LogP contribution in [0.5, 0.6) is 0 Å². The van der Waals surface area contributed by atoms with Gasteiger partial charge >= 0.3 is 0 Å². The van der Waals surface area contributed by atoms with Crippen molar-refractivity contribution in [3.05, 3.63) is 34.9 Å². The molecule has 0 amide bonds. The third-order valence-electron chi connectivity index (χ3n) is 4.79. The minimum Gasteiger partial charge on any atom is -0.330 e. The molecule has 0 bridgehead atoms. The summed E-state index contributed by atoms with van der Waals surface area (Å²) in [4.78, 5) is 0. The number of nitrogens with two attached hydrogens (primary N) is 1. The van der Waals surface area contributed by atoms with Crippen molar-refractivity contribution < 1.29 is 0 Å². The number of fused-ring (bicyclic) bond motifs is 1. The number of hydrogen-bond acceptors (Lipinski definition) is 1. The van der Waals surface area contributed by atoms with Gasteiger partial charge in [-0.15, -0.1) is 0 Å². The van der Waals surface area contributed by atoms with Crippen molar-refractivity contribution in [2.45, 2.75) is 39.0 Å². The van der Waals surface area contributed by atoms with Gasteiger partial charge in [-0.25, -0.2) is 0 Å². The molecule has 0 aliphatic heterocycles. The Balaban J connectivity index is 1.92. The molecule has 86 valence electrons. The van der Waals surface area contributed by atoms with Gasteiger partial charge in [0.2, 0.25) is 0 Å². The van der Waals surface area contributed by atoms with E-state index in [1.165, 1.54) is 24.8 Å². The first kappa shape index (κ1) is 10.3. The summed E-state index contributed by atoms with van der Waals surface area (Å²) in [6, 6.07) is 7.14. The van der Waals surface area contributed by atoms with Gasteiger partial charge in [-0.3, -0.25) is 0 Å². The molecule has 0 saturated heterocycles.